The maximum atomic E-state index is 4.19. The molecule has 0 spiro atoms. The zero-order valence-electron chi connectivity index (χ0n) is 11.5. The molecule has 0 saturated heterocycles. The number of pyridine rings is 1. The monoisotopic (exact) mass is 310 g/mol. The number of nitrogens with one attached hydrogen (secondary N) is 1. The van der Waals surface area contributed by atoms with Gasteiger partial charge in [-0.15, -0.1) is 15.3 Å². The highest BCUT2D eigenvalue weighted by Crippen LogP contribution is 2.40. The van der Waals surface area contributed by atoms with Gasteiger partial charge < -0.3 is 5.43 Å². The van der Waals surface area contributed by atoms with Crippen molar-refractivity contribution in [1.29, 1.82) is 0 Å². The molecule has 0 radical (unpaired) electrons. The first-order valence-corrected chi connectivity index (χ1v) is 7.64. The van der Waals surface area contributed by atoms with E-state index in [0.29, 0.717) is 0 Å². The molecule has 1 aliphatic rings. The third-order valence-electron chi connectivity index (χ3n) is 3.75. The number of tetrazole rings is 1. The van der Waals surface area contributed by atoms with Gasteiger partial charge in [0, 0.05) is 10.9 Å². The number of para-hydroxylation sites is 1. The average molecular weight is 310 g/mol. The number of hydrogen-bond acceptors (Lipinski definition) is 7. The number of aryl methyl sites for hydroxylation is 1. The Morgan fingerprint density at radius 1 is 1.18 bits per heavy atom. The van der Waals surface area contributed by atoms with E-state index in [4.69, 9.17) is 0 Å². The highest BCUT2D eigenvalue weighted by atomic mass is 32.2. The topological polar surface area (TPSA) is 85.8 Å². The molecule has 0 aliphatic carbocycles. The second kappa shape index (κ2) is 4.17. The van der Waals surface area contributed by atoms with Gasteiger partial charge in [0.2, 0.25) is 5.16 Å². The van der Waals surface area contributed by atoms with Crippen molar-refractivity contribution in [2.75, 3.05) is 5.43 Å². The lowest BCUT2D eigenvalue weighted by atomic mass is 10.1. The smallest absolute Gasteiger partial charge is 0.212 e. The van der Waals surface area contributed by atoms with E-state index in [1.807, 2.05) is 29.8 Å². The summed E-state index contributed by atoms with van der Waals surface area (Å²) in [6, 6.07) is 10.2. The fourth-order valence-electron chi connectivity index (χ4n) is 2.71. The van der Waals surface area contributed by atoms with Crippen molar-refractivity contribution in [2.45, 2.75) is 17.5 Å². The van der Waals surface area contributed by atoms with Crippen molar-refractivity contribution in [2.24, 2.45) is 0 Å². The molecule has 0 fully saturated rings. The van der Waals surface area contributed by atoms with E-state index in [1.54, 1.807) is 16.3 Å². The quantitative estimate of drug-likeness (QED) is 0.570. The minimum Gasteiger partial charge on any atom is -0.304 e. The zero-order chi connectivity index (χ0) is 14.7. The van der Waals surface area contributed by atoms with Crippen LogP contribution in [0.3, 0.4) is 0 Å². The second-order valence-corrected chi connectivity index (χ2v) is 6.14. The van der Waals surface area contributed by atoms with Gasteiger partial charge in [-0.2, -0.15) is 4.52 Å². The van der Waals surface area contributed by atoms with E-state index in [-0.39, 0.29) is 5.37 Å². The van der Waals surface area contributed by atoms with Crippen molar-refractivity contribution in [1.82, 2.24) is 34.9 Å². The number of hydrogen-bond donors (Lipinski definition) is 1. The van der Waals surface area contributed by atoms with Crippen LogP contribution in [0.25, 0.3) is 16.6 Å². The van der Waals surface area contributed by atoms with Gasteiger partial charge in [-0.05, 0) is 29.5 Å². The van der Waals surface area contributed by atoms with E-state index in [2.05, 4.69) is 43.3 Å². The number of nitrogens with zero attached hydrogens (tertiary/aromatic N) is 7. The summed E-state index contributed by atoms with van der Waals surface area (Å²) in [5.74, 6) is 0.835. The Balaban J connectivity index is 1.72. The summed E-state index contributed by atoms with van der Waals surface area (Å²) in [6.45, 7) is 1.92. The molecule has 108 valence electrons. The molecule has 8 nitrogen and oxygen atoms in total. The molecule has 0 saturated carbocycles. The van der Waals surface area contributed by atoms with E-state index in [1.165, 1.54) is 0 Å². The van der Waals surface area contributed by atoms with Crippen LogP contribution >= 0.6 is 11.8 Å². The summed E-state index contributed by atoms with van der Waals surface area (Å²) in [5.41, 5.74) is 6.16. The Labute approximate surface area is 128 Å². The van der Waals surface area contributed by atoms with Crippen LogP contribution in [0.4, 0.5) is 0 Å². The van der Waals surface area contributed by atoms with Crippen molar-refractivity contribution >= 4 is 28.3 Å². The third-order valence-corrected chi connectivity index (χ3v) is 4.82. The van der Waals surface area contributed by atoms with Gasteiger partial charge in [-0.1, -0.05) is 30.0 Å². The largest absolute Gasteiger partial charge is 0.304 e. The van der Waals surface area contributed by atoms with Crippen molar-refractivity contribution in [3.05, 3.63) is 41.7 Å². The van der Waals surface area contributed by atoms with Gasteiger partial charge in [0.05, 0.1) is 5.52 Å². The van der Waals surface area contributed by atoms with Crippen molar-refractivity contribution < 1.29 is 0 Å². The summed E-state index contributed by atoms with van der Waals surface area (Å²) in [4.78, 5) is 0. The lowest BCUT2D eigenvalue weighted by Gasteiger charge is -2.13. The maximum absolute atomic E-state index is 4.19. The number of rotatable bonds is 1. The molecule has 9 heteroatoms. The normalized spacial score (nSPS) is 17.0. The standard InChI is InChI=1S/C13H10N8S/c1-7-14-16-13-20(7)17-12(22-13)9-6-8-4-2-3-5-10(8)21-11(9)15-18-19-21/h2-6,12,17H,1H3/t12-/m1/s1. The van der Waals surface area contributed by atoms with Crippen LogP contribution in [-0.2, 0) is 0 Å². The minimum atomic E-state index is 0.00214. The molecule has 0 bridgehead atoms. The Hall–Kier alpha value is -2.68. The summed E-state index contributed by atoms with van der Waals surface area (Å²) in [5, 5.41) is 22.3. The first-order chi connectivity index (χ1) is 10.8. The Morgan fingerprint density at radius 2 is 2.09 bits per heavy atom. The molecule has 4 heterocycles. The highest BCUT2D eigenvalue weighted by molar-refractivity contribution is 7.99. The Bertz CT molecular complexity index is 1020. The molecule has 1 aromatic carbocycles. The Kier molecular flexibility index (Phi) is 2.26. The van der Waals surface area contributed by atoms with Crippen LogP contribution in [0.2, 0.25) is 0 Å². The summed E-state index contributed by atoms with van der Waals surface area (Å²) < 4.78 is 3.67. The zero-order valence-corrected chi connectivity index (χ0v) is 12.3. The molecule has 22 heavy (non-hydrogen) atoms. The van der Waals surface area contributed by atoms with Gasteiger partial charge in [0.15, 0.2) is 5.65 Å². The van der Waals surface area contributed by atoms with Crippen LogP contribution in [0, 0.1) is 6.92 Å². The maximum Gasteiger partial charge on any atom is 0.212 e. The molecule has 0 unspecified atom stereocenters. The third kappa shape index (κ3) is 1.51. The predicted octanol–water partition coefficient (Wildman–Crippen LogP) is 1.53. The van der Waals surface area contributed by atoms with E-state index >= 15 is 0 Å². The lowest BCUT2D eigenvalue weighted by Crippen LogP contribution is -2.15. The van der Waals surface area contributed by atoms with E-state index < -0.39 is 0 Å². The van der Waals surface area contributed by atoms with Crippen LogP contribution in [0.5, 0.6) is 0 Å². The number of thioether (sulfide) groups is 1. The van der Waals surface area contributed by atoms with E-state index in [9.17, 15) is 0 Å². The molecule has 5 rings (SSSR count). The SMILES string of the molecule is Cc1nnc2n1N[C@@H](c1cc3ccccc3n3nnnc13)S2. The van der Waals surface area contributed by atoms with Crippen LogP contribution in [0.15, 0.2) is 35.5 Å². The van der Waals surface area contributed by atoms with Crippen LogP contribution in [-0.4, -0.2) is 34.9 Å². The first kappa shape index (κ1) is 11.9. The fourth-order valence-corrected chi connectivity index (χ4v) is 3.75. The van der Waals surface area contributed by atoms with Crippen molar-refractivity contribution in [3.63, 3.8) is 0 Å². The average Bonchev–Trinajstić information content (AvgIpc) is 3.24. The molecule has 0 amide bonds. The molecule has 4 aromatic rings. The number of benzene rings is 1. The summed E-state index contributed by atoms with van der Waals surface area (Å²) >= 11 is 1.61. The summed E-state index contributed by atoms with van der Waals surface area (Å²) in [6.07, 6.45) is 0. The van der Waals surface area contributed by atoms with E-state index in [0.717, 1.165) is 33.1 Å². The fraction of sp³-hybridized carbons (Fsp3) is 0.154. The predicted molar refractivity (Wildman–Crippen MR) is 81.0 cm³/mol. The molecular formula is C13H10N8S. The van der Waals surface area contributed by atoms with Gasteiger partial charge in [-0.25, -0.2) is 4.68 Å². The number of fused-ring (bicyclic) bond motifs is 4. The lowest BCUT2D eigenvalue weighted by molar-refractivity contribution is 0.763. The molecule has 3 aromatic heterocycles. The molecule has 1 N–H and O–H groups in total. The molecule has 1 atom stereocenters. The van der Waals surface area contributed by atoms with Gasteiger partial charge in [0.25, 0.3) is 0 Å². The van der Waals surface area contributed by atoms with Gasteiger partial charge >= 0.3 is 0 Å². The second-order valence-electron chi connectivity index (χ2n) is 5.06. The minimum absolute atomic E-state index is 0.00214. The van der Waals surface area contributed by atoms with Crippen LogP contribution in [0.1, 0.15) is 16.8 Å². The molecule has 1 aliphatic heterocycles. The summed E-state index contributed by atoms with van der Waals surface area (Å²) in [7, 11) is 0. The first-order valence-electron chi connectivity index (χ1n) is 6.76. The molecular weight excluding hydrogens is 300 g/mol. The van der Waals surface area contributed by atoms with Gasteiger partial charge in [0.1, 0.15) is 11.2 Å². The number of aromatic nitrogens is 7. The van der Waals surface area contributed by atoms with Crippen molar-refractivity contribution in [3.8, 4) is 0 Å². The van der Waals surface area contributed by atoms with Gasteiger partial charge in [-0.3, -0.25) is 0 Å². The van der Waals surface area contributed by atoms with Crippen LogP contribution < -0.4 is 5.43 Å². The highest BCUT2D eigenvalue weighted by Gasteiger charge is 2.29. The Morgan fingerprint density at radius 3 is 3.00 bits per heavy atom.